The van der Waals surface area contributed by atoms with E-state index in [0.717, 1.165) is 43.3 Å². The third-order valence-electron chi connectivity index (χ3n) is 4.97. The zero-order valence-electron chi connectivity index (χ0n) is 15.6. The molecule has 1 aliphatic rings. The third-order valence-corrected chi connectivity index (χ3v) is 5.47. The fourth-order valence-electron chi connectivity index (χ4n) is 3.44. The highest BCUT2D eigenvalue weighted by Gasteiger charge is 2.20. The van der Waals surface area contributed by atoms with Crippen LogP contribution in [0.4, 0.5) is 5.69 Å². The first kappa shape index (κ1) is 21.8. The van der Waals surface area contributed by atoms with Gasteiger partial charge in [-0.05, 0) is 48.5 Å². The van der Waals surface area contributed by atoms with Crippen molar-refractivity contribution in [3.8, 4) is 11.3 Å². The lowest BCUT2D eigenvalue weighted by Crippen LogP contribution is -2.47. The van der Waals surface area contributed by atoms with Crippen molar-refractivity contribution in [1.82, 2.24) is 4.90 Å². The summed E-state index contributed by atoms with van der Waals surface area (Å²) in [5.41, 5.74) is 1.98. The fraction of sp³-hybridized carbons (Fsp3) is 0.286. The van der Waals surface area contributed by atoms with Crippen LogP contribution in [0.25, 0.3) is 11.3 Å². The molecule has 0 N–H and O–H groups in total. The van der Waals surface area contributed by atoms with Gasteiger partial charge < -0.3 is 13.7 Å². The van der Waals surface area contributed by atoms with Gasteiger partial charge in [0, 0.05) is 60.4 Å². The Kier molecular flexibility index (Phi) is 7.30. The first-order valence-electron chi connectivity index (χ1n) is 9.20. The second-order valence-corrected chi connectivity index (χ2v) is 7.64. The van der Waals surface area contributed by atoms with Gasteiger partial charge in [0.1, 0.15) is 0 Å². The molecule has 0 amide bonds. The molecule has 0 spiro atoms. The standard InChI is InChI=1S/C21H20Cl2N2O3.ClH/c22-16-3-1-15(2-4-16)20-19(27-21(26)28-20)9-10-24-11-13-25(14-12-24)18-7-5-17(23)6-8-18;/h1-8H,9-14H2;1H. The summed E-state index contributed by atoms with van der Waals surface area (Å²) in [5.74, 6) is 0.390. The van der Waals surface area contributed by atoms with Crippen molar-refractivity contribution in [2.24, 2.45) is 0 Å². The highest BCUT2D eigenvalue weighted by molar-refractivity contribution is 6.30. The van der Waals surface area contributed by atoms with Crippen LogP contribution in [-0.2, 0) is 6.42 Å². The first-order valence-corrected chi connectivity index (χ1v) is 9.96. The Morgan fingerprint density at radius 2 is 1.41 bits per heavy atom. The molecule has 1 aromatic heterocycles. The molecule has 0 atom stereocenters. The van der Waals surface area contributed by atoms with Gasteiger partial charge in [0.05, 0.1) is 0 Å². The summed E-state index contributed by atoms with van der Waals surface area (Å²) in [6.45, 7) is 4.58. The zero-order valence-corrected chi connectivity index (χ0v) is 18.0. The summed E-state index contributed by atoms with van der Waals surface area (Å²) < 4.78 is 10.5. The molecular weight excluding hydrogens is 435 g/mol. The predicted molar refractivity (Wildman–Crippen MR) is 119 cm³/mol. The van der Waals surface area contributed by atoms with Crippen LogP contribution >= 0.6 is 35.6 Å². The summed E-state index contributed by atoms with van der Waals surface area (Å²) in [5, 5.41) is 1.38. The molecule has 0 aliphatic carbocycles. The summed E-state index contributed by atoms with van der Waals surface area (Å²) in [7, 11) is 0. The van der Waals surface area contributed by atoms with Gasteiger partial charge in [0.15, 0.2) is 11.5 Å². The van der Waals surface area contributed by atoms with Crippen molar-refractivity contribution in [1.29, 1.82) is 0 Å². The van der Waals surface area contributed by atoms with E-state index in [-0.39, 0.29) is 12.4 Å². The predicted octanol–water partition coefficient (Wildman–Crippen LogP) is 4.99. The lowest BCUT2D eigenvalue weighted by molar-refractivity contribution is 0.254. The van der Waals surface area contributed by atoms with E-state index in [1.807, 2.05) is 24.3 Å². The molecule has 1 saturated heterocycles. The van der Waals surface area contributed by atoms with Gasteiger partial charge in [-0.15, -0.1) is 12.4 Å². The Morgan fingerprint density at radius 3 is 2.03 bits per heavy atom. The number of halogens is 3. The minimum atomic E-state index is -0.674. The average molecular weight is 456 g/mol. The maximum Gasteiger partial charge on any atom is 0.519 e. The SMILES string of the molecule is Cl.O=c1oc(CCN2CCN(c3ccc(Cl)cc3)CC2)c(-c2ccc(Cl)cc2)o1. The zero-order chi connectivity index (χ0) is 19.5. The Balaban J connectivity index is 0.00000240. The first-order chi connectivity index (χ1) is 13.6. The molecule has 2 heterocycles. The van der Waals surface area contributed by atoms with Crippen molar-refractivity contribution >= 4 is 41.3 Å². The molecular formula is C21H21Cl3N2O3. The van der Waals surface area contributed by atoms with Gasteiger partial charge in [-0.1, -0.05) is 23.2 Å². The second kappa shape index (κ2) is 9.72. The average Bonchev–Trinajstić information content (AvgIpc) is 3.08. The van der Waals surface area contributed by atoms with E-state index in [1.54, 1.807) is 12.1 Å². The van der Waals surface area contributed by atoms with Gasteiger partial charge in [0.2, 0.25) is 0 Å². The van der Waals surface area contributed by atoms with Crippen molar-refractivity contribution in [2.75, 3.05) is 37.6 Å². The normalized spacial score (nSPS) is 14.6. The van der Waals surface area contributed by atoms with Crippen LogP contribution in [0.2, 0.25) is 10.0 Å². The van der Waals surface area contributed by atoms with Crippen molar-refractivity contribution in [3.63, 3.8) is 0 Å². The molecule has 5 nitrogen and oxygen atoms in total. The van der Waals surface area contributed by atoms with E-state index in [9.17, 15) is 4.79 Å². The maximum atomic E-state index is 11.6. The number of piperazine rings is 1. The van der Waals surface area contributed by atoms with E-state index in [2.05, 4.69) is 21.9 Å². The highest BCUT2D eigenvalue weighted by atomic mass is 35.5. The van der Waals surface area contributed by atoms with Gasteiger partial charge in [-0.3, -0.25) is 4.90 Å². The third kappa shape index (κ3) is 5.37. The summed E-state index contributed by atoms with van der Waals surface area (Å²) in [4.78, 5) is 16.4. The molecule has 0 saturated carbocycles. The number of benzene rings is 2. The molecule has 2 aromatic carbocycles. The van der Waals surface area contributed by atoms with Crippen molar-refractivity contribution < 1.29 is 8.83 Å². The summed E-state index contributed by atoms with van der Waals surface area (Å²) >= 11 is 11.9. The Labute approximate surface area is 185 Å². The van der Waals surface area contributed by atoms with Crippen LogP contribution in [0.15, 0.2) is 62.2 Å². The maximum absolute atomic E-state index is 11.6. The Hall–Kier alpha value is -1.92. The minimum Gasteiger partial charge on any atom is -0.395 e. The van der Waals surface area contributed by atoms with E-state index in [0.29, 0.717) is 23.0 Å². The lowest BCUT2D eigenvalue weighted by atomic mass is 10.1. The largest absolute Gasteiger partial charge is 0.519 e. The molecule has 29 heavy (non-hydrogen) atoms. The van der Waals surface area contributed by atoms with Gasteiger partial charge in [-0.2, -0.15) is 0 Å². The Bertz CT molecular complexity index is 976. The summed E-state index contributed by atoms with van der Waals surface area (Å²) in [6.07, 6.45) is 0.616. The number of nitrogens with zero attached hydrogens (tertiary/aromatic N) is 2. The van der Waals surface area contributed by atoms with Gasteiger partial charge in [-0.25, -0.2) is 4.79 Å². The molecule has 3 aromatic rings. The molecule has 4 rings (SSSR count). The molecule has 0 unspecified atom stereocenters. The van der Waals surface area contributed by atoms with E-state index >= 15 is 0 Å². The van der Waals surface area contributed by atoms with E-state index in [1.165, 1.54) is 5.69 Å². The van der Waals surface area contributed by atoms with Gasteiger partial charge >= 0.3 is 5.82 Å². The van der Waals surface area contributed by atoms with Crippen LogP contribution in [0.3, 0.4) is 0 Å². The van der Waals surface area contributed by atoms with Gasteiger partial charge in [0.25, 0.3) is 0 Å². The molecule has 8 heteroatoms. The molecule has 154 valence electrons. The van der Waals surface area contributed by atoms with Crippen LogP contribution in [0.5, 0.6) is 0 Å². The number of anilines is 1. The van der Waals surface area contributed by atoms with Crippen LogP contribution in [0, 0.1) is 0 Å². The van der Waals surface area contributed by atoms with Crippen LogP contribution in [-0.4, -0.2) is 37.6 Å². The number of hydrogen-bond donors (Lipinski definition) is 0. The molecule has 0 bridgehead atoms. The topological polar surface area (TPSA) is 49.8 Å². The van der Waals surface area contributed by atoms with Crippen LogP contribution in [0.1, 0.15) is 5.76 Å². The molecule has 0 radical (unpaired) electrons. The smallest absolute Gasteiger partial charge is 0.395 e. The minimum absolute atomic E-state index is 0. The quantitative estimate of drug-likeness (QED) is 0.542. The van der Waals surface area contributed by atoms with Crippen molar-refractivity contribution in [3.05, 3.63) is 75.0 Å². The molecule has 1 fully saturated rings. The summed E-state index contributed by atoms with van der Waals surface area (Å²) in [6, 6.07) is 15.1. The second-order valence-electron chi connectivity index (χ2n) is 6.77. The fourth-order valence-corrected chi connectivity index (χ4v) is 3.69. The number of hydrogen-bond acceptors (Lipinski definition) is 5. The van der Waals surface area contributed by atoms with Crippen LogP contribution < -0.4 is 10.7 Å². The van der Waals surface area contributed by atoms with Crippen molar-refractivity contribution in [2.45, 2.75) is 6.42 Å². The molecule has 1 aliphatic heterocycles. The number of rotatable bonds is 5. The highest BCUT2D eigenvalue weighted by Crippen LogP contribution is 2.25. The van der Waals surface area contributed by atoms with E-state index < -0.39 is 5.82 Å². The van der Waals surface area contributed by atoms with E-state index in [4.69, 9.17) is 32.0 Å². The monoisotopic (exact) mass is 454 g/mol. The lowest BCUT2D eigenvalue weighted by Gasteiger charge is -2.36. The Morgan fingerprint density at radius 1 is 0.828 bits per heavy atom.